The average Bonchev–Trinajstić information content (AvgIpc) is 3.20. The number of carbonyl (C=O) groups is 1. The number of rotatable bonds is 7. The summed E-state index contributed by atoms with van der Waals surface area (Å²) in [6.45, 7) is 2.32. The summed E-state index contributed by atoms with van der Waals surface area (Å²) in [5.74, 6) is -0.485. The molecule has 1 heterocycles. The van der Waals surface area contributed by atoms with Gasteiger partial charge in [-0.3, -0.25) is 4.79 Å². The van der Waals surface area contributed by atoms with Crippen molar-refractivity contribution in [2.24, 2.45) is 0 Å². The molecule has 1 amide bonds. The number of hydrogen-bond acceptors (Lipinski definition) is 3. The quantitative estimate of drug-likeness (QED) is 0.458. The third-order valence-corrected chi connectivity index (χ3v) is 7.02. The second kappa shape index (κ2) is 8.96. The number of carbonyl (C=O) groups excluding carboxylic acids is 1. The van der Waals surface area contributed by atoms with Crippen molar-refractivity contribution in [1.29, 1.82) is 0 Å². The van der Waals surface area contributed by atoms with Crippen molar-refractivity contribution in [2.75, 3.05) is 6.54 Å². The van der Waals surface area contributed by atoms with Crippen LogP contribution >= 0.6 is 0 Å². The van der Waals surface area contributed by atoms with Gasteiger partial charge >= 0.3 is 0 Å². The van der Waals surface area contributed by atoms with Crippen LogP contribution < -0.4 is 5.32 Å². The van der Waals surface area contributed by atoms with E-state index in [2.05, 4.69) is 5.32 Å². The summed E-state index contributed by atoms with van der Waals surface area (Å²) >= 11 is 0. The fraction of sp³-hybridized carbons (Fsp3) is 0.160. The van der Waals surface area contributed by atoms with E-state index in [1.165, 1.54) is 16.1 Å². The predicted molar refractivity (Wildman–Crippen MR) is 123 cm³/mol. The Morgan fingerprint density at radius 2 is 1.62 bits per heavy atom. The molecule has 0 aliphatic rings. The molecule has 1 N–H and O–H groups in total. The normalized spacial score (nSPS) is 11.6. The largest absolute Gasteiger partial charge is 0.355 e. The zero-order valence-corrected chi connectivity index (χ0v) is 18.4. The number of nitrogens with one attached hydrogen (secondary N) is 1. The minimum Gasteiger partial charge on any atom is -0.355 e. The van der Waals surface area contributed by atoms with Crippen LogP contribution in [0.5, 0.6) is 0 Å². The molecule has 164 valence electrons. The minimum atomic E-state index is -3.71. The Morgan fingerprint density at radius 3 is 2.34 bits per heavy atom. The SMILES string of the molecule is Cc1ccc(S(=O)(=O)n2ccc3ccc(CCNC(=O)Cc4ccc(F)cc4)cc32)cc1. The average molecular weight is 451 g/mol. The zero-order chi connectivity index (χ0) is 22.7. The molecule has 0 atom stereocenters. The lowest BCUT2D eigenvalue weighted by Crippen LogP contribution is -2.27. The number of hydrogen-bond donors (Lipinski definition) is 1. The molecule has 0 saturated heterocycles. The summed E-state index contributed by atoms with van der Waals surface area (Å²) in [6.07, 6.45) is 2.30. The van der Waals surface area contributed by atoms with Crippen LogP contribution in [0.15, 0.2) is 83.9 Å². The maximum Gasteiger partial charge on any atom is 0.268 e. The van der Waals surface area contributed by atoms with E-state index >= 15 is 0 Å². The van der Waals surface area contributed by atoms with E-state index in [1.54, 1.807) is 48.7 Å². The second-order valence-corrected chi connectivity index (χ2v) is 9.54. The van der Waals surface area contributed by atoms with Gasteiger partial charge in [-0.1, -0.05) is 42.0 Å². The van der Waals surface area contributed by atoms with Gasteiger partial charge in [0.2, 0.25) is 5.91 Å². The molecule has 7 heteroatoms. The van der Waals surface area contributed by atoms with Crippen molar-refractivity contribution in [3.8, 4) is 0 Å². The smallest absolute Gasteiger partial charge is 0.268 e. The first-order valence-electron chi connectivity index (χ1n) is 10.3. The summed E-state index contributed by atoms with van der Waals surface area (Å²) in [7, 11) is -3.71. The zero-order valence-electron chi connectivity index (χ0n) is 17.6. The Balaban J connectivity index is 1.46. The Morgan fingerprint density at radius 1 is 0.938 bits per heavy atom. The Labute approximate surface area is 186 Å². The van der Waals surface area contributed by atoms with Crippen LogP contribution in [0, 0.1) is 12.7 Å². The van der Waals surface area contributed by atoms with E-state index in [0.29, 0.717) is 18.5 Å². The van der Waals surface area contributed by atoms with Gasteiger partial charge in [0.05, 0.1) is 16.8 Å². The summed E-state index contributed by atoms with van der Waals surface area (Å²) < 4.78 is 40.5. The van der Waals surface area contributed by atoms with Gasteiger partial charge in [0, 0.05) is 18.1 Å². The van der Waals surface area contributed by atoms with Gasteiger partial charge in [0.15, 0.2) is 0 Å². The lowest BCUT2D eigenvalue weighted by molar-refractivity contribution is -0.120. The monoisotopic (exact) mass is 450 g/mol. The van der Waals surface area contributed by atoms with Gasteiger partial charge in [-0.15, -0.1) is 0 Å². The maximum absolute atomic E-state index is 13.1. The van der Waals surface area contributed by atoms with Gasteiger partial charge in [0.1, 0.15) is 5.82 Å². The number of halogens is 1. The molecule has 1 aromatic heterocycles. The fourth-order valence-electron chi connectivity index (χ4n) is 3.53. The molecule has 0 fully saturated rings. The molecule has 32 heavy (non-hydrogen) atoms. The Kier molecular flexibility index (Phi) is 6.10. The molecule has 0 unspecified atom stereocenters. The molecule has 3 aromatic carbocycles. The highest BCUT2D eigenvalue weighted by Crippen LogP contribution is 2.23. The minimum absolute atomic E-state index is 0.150. The lowest BCUT2D eigenvalue weighted by atomic mass is 10.1. The predicted octanol–water partition coefficient (Wildman–Crippen LogP) is 4.23. The van der Waals surface area contributed by atoms with Gasteiger partial charge in [-0.2, -0.15) is 0 Å². The van der Waals surface area contributed by atoms with Crippen molar-refractivity contribution in [3.63, 3.8) is 0 Å². The van der Waals surface area contributed by atoms with E-state index < -0.39 is 10.0 Å². The van der Waals surface area contributed by atoms with Crippen LogP contribution in [0.2, 0.25) is 0 Å². The van der Waals surface area contributed by atoms with E-state index in [-0.39, 0.29) is 23.0 Å². The topological polar surface area (TPSA) is 68.2 Å². The number of aryl methyl sites for hydroxylation is 1. The second-order valence-electron chi connectivity index (χ2n) is 7.73. The molecule has 0 bridgehead atoms. The van der Waals surface area contributed by atoms with Gasteiger partial charge in [0.25, 0.3) is 10.0 Å². The van der Waals surface area contributed by atoms with Gasteiger partial charge in [-0.25, -0.2) is 16.8 Å². The number of nitrogens with zero attached hydrogens (tertiary/aromatic N) is 1. The molecule has 0 saturated carbocycles. The number of amides is 1. The standard InChI is InChI=1S/C25H23FN2O3S/c1-18-2-10-23(11-3-18)32(30,31)28-15-13-21-7-4-20(16-24(21)28)12-14-27-25(29)17-19-5-8-22(26)9-6-19/h2-11,13,15-16H,12,14,17H2,1H3,(H,27,29). The lowest BCUT2D eigenvalue weighted by Gasteiger charge is -2.10. The Hall–Kier alpha value is -3.45. The van der Waals surface area contributed by atoms with Crippen LogP contribution in [0.4, 0.5) is 4.39 Å². The molecule has 5 nitrogen and oxygen atoms in total. The van der Waals surface area contributed by atoms with E-state index in [1.807, 2.05) is 25.1 Å². The van der Waals surface area contributed by atoms with Crippen molar-refractivity contribution >= 4 is 26.8 Å². The summed E-state index contributed by atoms with van der Waals surface area (Å²) in [6, 6.07) is 20.0. The van der Waals surface area contributed by atoms with Gasteiger partial charge in [-0.05, 0) is 60.9 Å². The highest BCUT2D eigenvalue weighted by molar-refractivity contribution is 7.90. The summed E-state index contributed by atoms with van der Waals surface area (Å²) in [5.41, 5.74) is 3.24. The van der Waals surface area contributed by atoms with Crippen LogP contribution in [0.1, 0.15) is 16.7 Å². The molecule has 0 radical (unpaired) electrons. The molecule has 4 aromatic rings. The van der Waals surface area contributed by atoms with Crippen molar-refractivity contribution < 1.29 is 17.6 Å². The summed E-state index contributed by atoms with van der Waals surface area (Å²) in [4.78, 5) is 12.4. The van der Waals surface area contributed by atoms with E-state index in [9.17, 15) is 17.6 Å². The first kappa shape index (κ1) is 21.8. The first-order chi connectivity index (χ1) is 15.3. The molecular formula is C25H23FN2O3S. The molecule has 0 aliphatic heterocycles. The highest BCUT2D eigenvalue weighted by atomic mass is 32.2. The summed E-state index contributed by atoms with van der Waals surface area (Å²) in [5, 5.41) is 3.68. The van der Waals surface area contributed by atoms with Crippen LogP contribution in [0.3, 0.4) is 0 Å². The number of benzene rings is 3. The third kappa shape index (κ3) is 4.73. The van der Waals surface area contributed by atoms with Crippen LogP contribution in [0.25, 0.3) is 10.9 Å². The van der Waals surface area contributed by atoms with Crippen LogP contribution in [-0.4, -0.2) is 24.8 Å². The molecular weight excluding hydrogens is 427 g/mol. The molecule has 4 rings (SSSR count). The molecule has 0 aliphatic carbocycles. The highest BCUT2D eigenvalue weighted by Gasteiger charge is 2.18. The molecule has 0 spiro atoms. The Bertz CT molecular complexity index is 1360. The van der Waals surface area contributed by atoms with E-state index in [4.69, 9.17) is 0 Å². The van der Waals surface area contributed by atoms with Gasteiger partial charge < -0.3 is 5.32 Å². The maximum atomic E-state index is 13.1. The van der Waals surface area contributed by atoms with E-state index in [0.717, 1.165) is 22.1 Å². The van der Waals surface area contributed by atoms with Crippen molar-refractivity contribution in [1.82, 2.24) is 9.29 Å². The fourth-order valence-corrected chi connectivity index (χ4v) is 4.88. The first-order valence-corrected chi connectivity index (χ1v) is 11.7. The van der Waals surface area contributed by atoms with Crippen LogP contribution in [-0.2, 0) is 27.7 Å². The number of aromatic nitrogens is 1. The van der Waals surface area contributed by atoms with Crippen molar-refractivity contribution in [2.45, 2.75) is 24.7 Å². The third-order valence-electron chi connectivity index (χ3n) is 5.31. The van der Waals surface area contributed by atoms with Crippen molar-refractivity contribution in [3.05, 3.63) is 102 Å². The number of fused-ring (bicyclic) bond motifs is 1.